The topological polar surface area (TPSA) is 39.1 Å². The summed E-state index contributed by atoms with van der Waals surface area (Å²) < 4.78 is 7.27. The number of nitrogens with one attached hydrogen (secondary N) is 1. The molecule has 1 rings (SSSR count). The second-order valence-electron chi connectivity index (χ2n) is 4.54. The van der Waals surface area contributed by atoms with Gasteiger partial charge in [0.25, 0.3) is 0 Å². The first kappa shape index (κ1) is 14.5. The van der Waals surface area contributed by atoms with Gasteiger partial charge in [0.15, 0.2) is 0 Å². The SMILES string of the molecule is CNC(CC(C)OC)c1c(Cl)cnn1C(C)C. The molecule has 0 radical (unpaired) electrons. The zero-order valence-corrected chi connectivity index (χ0v) is 12.0. The van der Waals surface area contributed by atoms with Crippen LogP contribution >= 0.6 is 11.6 Å². The van der Waals surface area contributed by atoms with Crippen LogP contribution in [0.3, 0.4) is 0 Å². The van der Waals surface area contributed by atoms with Gasteiger partial charge in [-0.2, -0.15) is 5.10 Å². The number of hydrogen-bond acceptors (Lipinski definition) is 3. The van der Waals surface area contributed by atoms with Gasteiger partial charge in [0.05, 0.1) is 29.1 Å². The Kier molecular flexibility index (Phi) is 5.43. The summed E-state index contributed by atoms with van der Waals surface area (Å²) in [5, 5.41) is 8.31. The highest BCUT2D eigenvalue weighted by Crippen LogP contribution is 2.28. The lowest BCUT2D eigenvalue weighted by atomic mass is 10.1. The quantitative estimate of drug-likeness (QED) is 0.854. The van der Waals surface area contributed by atoms with Crippen LogP contribution in [0.2, 0.25) is 5.02 Å². The van der Waals surface area contributed by atoms with E-state index in [0.717, 1.165) is 12.1 Å². The van der Waals surface area contributed by atoms with Crippen molar-refractivity contribution in [3.8, 4) is 0 Å². The molecule has 0 saturated heterocycles. The zero-order chi connectivity index (χ0) is 13.0. The fourth-order valence-corrected chi connectivity index (χ4v) is 2.14. The van der Waals surface area contributed by atoms with E-state index in [0.29, 0.717) is 11.1 Å². The molecule has 0 aromatic carbocycles. The Bertz CT molecular complexity index is 352. The lowest BCUT2D eigenvalue weighted by molar-refractivity contribution is 0.100. The molecule has 0 saturated carbocycles. The van der Waals surface area contributed by atoms with Crippen molar-refractivity contribution in [3.63, 3.8) is 0 Å². The molecule has 5 heteroatoms. The maximum absolute atomic E-state index is 6.23. The molecule has 0 fully saturated rings. The monoisotopic (exact) mass is 259 g/mol. The van der Waals surface area contributed by atoms with Gasteiger partial charge >= 0.3 is 0 Å². The maximum Gasteiger partial charge on any atom is 0.0834 e. The standard InChI is InChI=1S/C12H22ClN3O/c1-8(2)16-12(10(13)7-15-16)11(14-4)6-9(3)17-5/h7-9,11,14H,6H2,1-5H3. The molecule has 1 heterocycles. The average Bonchev–Trinajstić information content (AvgIpc) is 2.67. The van der Waals surface area contributed by atoms with E-state index in [1.807, 2.05) is 18.7 Å². The van der Waals surface area contributed by atoms with Crippen LogP contribution in [0.25, 0.3) is 0 Å². The Balaban J connectivity index is 2.98. The summed E-state index contributed by atoms with van der Waals surface area (Å²) in [5.74, 6) is 0. The molecule has 17 heavy (non-hydrogen) atoms. The van der Waals surface area contributed by atoms with Crippen LogP contribution in [0.1, 0.15) is 45.0 Å². The summed E-state index contributed by atoms with van der Waals surface area (Å²) in [5.41, 5.74) is 1.04. The van der Waals surface area contributed by atoms with E-state index in [2.05, 4.69) is 24.3 Å². The molecule has 2 atom stereocenters. The van der Waals surface area contributed by atoms with E-state index in [9.17, 15) is 0 Å². The van der Waals surface area contributed by atoms with Crippen LogP contribution in [-0.4, -0.2) is 30.0 Å². The lowest BCUT2D eigenvalue weighted by Gasteiger charge is -2.22. The average molecular weight is 260 g/mol. The second-order valence-corrected chi connectivity index (χ2v) is 4.95. The first-order valence-electron chi connectivity index (χ1n) is 5.94. The molecule has 98 valence electrons. The highest BCUT2D eigenvalue weighted by molar-refractivity contribution is 6.31. The largest absolute Gasteiger partial charge is 0.382 e. The number of halogens is 1. The normalized spacial score (nSPS) is 15.2. The van der Waals surface area contributed by atoms with Crippen LogP contribution in [0.15, 0.2) is 6.20 Å². The highest BCUT2D eigenvalue weighted by Gasteiger charge is 2.22. The molecule has 2 unspecified atom stereocenters. The van der Waals surface area contributed by atoms with Gasteiger partial charge in [-0.05, 0) is 34.2 Å². The number of aromatic nitrogens is 2. The van der Waals surface area contributed by atoms with Crippen molar-refractivity contribution in [2.45, 2.75) is 45.4 Å². The van der Waals surface area contributed by atoms with Gasteiger partial charge in [0.1, 0.15) is 0 Å². The lowest BCUT2D eigenvalue weighted by Crippen LogP contribution is -2.25. The molecule has 1 aromatic rings. The van der Waals surface area contributed by atoms with E-state index in [4.69, 9.17) is 16.3 Å². The predicted octanol–water partition coefficient (Wildman–Crippen LogP) is 2.80. The first-order chi connectivity index (χ1) is 8.01. The molecule has 0 aliphatic rings. The summed E-state index contributed by atoms with van der Waals surface area (Å²) in [4.78, 5) is 0. The number of rotatable bonds is 6. The van der Waals surface area contributed by atoms with Gasteiger partial charge in [0, 0.05) is 13.2 Å². The third kappa shape index (κ3) is 3.44. The highest BCUT2D eigenvalue weighted by atomic mass is 35.5. The number of methoxy groups -OCH3 is 1. The van der Waals surface area contributed by atoms with Gasteiger partial charge in [-0.3, -0.25) is 4.68 Å². The fraction of sp³-hybridized carbons (Fsp3) is 0.750. The van der Waals surface area contributed by atoms with Crippen molar-refractivity contribution in [3.05, 3.63) is 16.9 Å². The Morgan fingerprint density at radius 3 is 2.59 bits per heavy atom. The summed E-state index contributed by atoms with van der Waals surface area (Å²) in [6, 6.07) is 0.452. The number of hydrogen-bond donors (Lipinski definition) is 1. The van der Waals surface area contributed by atoms with Crippen molar-refractivity contribution in [1.29, 1.82) is 0 Å². The molecule has 1 N–H and O–H groups in total. The Morgan fingerprint density at radius 2 is 2.12 bits per heavy atom. The van der Waals surface area contributed by atoms with E-state index in [1.54, 1.807) is 13.3 Å². The summed E-state index contributed by atoms with van der Waals surface area (Å²) in [6.45, 7) is 6.24. The van der Waals surface area contributed by atoms with Gasteiger partial charge in [-0.25, -0.2) is 0 Å². The number of nitrogens with zero attached hydrogens (tertiary/aromatic N) is 2. The van der Waals surface area contributed by atoms with E-state index < -0.39 is 0 Å². The van der Waals surface area contributed by atoms with Crippen molar-refractivity contribution in [1.82, 2.24) is 15.1 Å². The van der Waals surface area contributed by atoms with Crippen LogP contribution in [0, 0.1) is 0 Å². The zero-order valence-electron chi connectivity index (χ0n) is 11.2. The summed E-state index contributed by atoms with van der Waals surface area (Å²) in [7, 11) is 3.65. The van der Waals surface area contributed by atoms with Gasteiger partial charge < -0.3 is 10.1 Å². The van der Waals surface area contributed by atoms with Crippen molar-refractivity contribution in [2.24, 2.45) is 0 Å². The Labute approximate surface area is 108 Å². The van der Waals surface area contributed by atoms with Gasteiger partial charge in [0.2, 0.25) is 0 Å². The fourth-order valence-electron chi connectivity index (χ4n) is 1.88. The molecule has 0 spiro atoms. The number of ether oxygens (including phenoxy) is 1. The van der Waals surface area contributed by atoms with E-state index >= 15 is 0 Å². The third-order valence-electron chi connectivity index (χ3n) is 2.92. The Morgan fingerprint density at radius 1 is 1.47 bits per heavy atom. The van der Waals surface area contributed by atoms with Crippen LogP contribution in [-0.2, 0) is 4.74 Å². The molecule has 0 aliphatic carbocycles. The summed E-state index contributed by atoms with van der Waals surface area (Å²) in [6.07, 6.45) is 2.75. The molecular formula is C12H22ClN3O. The van der Waals surface area contributed by atoms with E-state index in [1.165, 1.54) is 0 Å². The third-order valence-corrected chi connectivity index (χ3v) is 3.22. The Hall–Kier alpha value is -0.580. The van der Waals surface area contributed by atoms with Crippen molar-refractivity contribution in [2.75, 3.05) is 14.2 Å². The van der Waals surface area contributed by atoms with Gasteiger partial charge in [-0.1, -0.05) is 11.6 Å². The molecule has 1 aromatic heterocycles. The van der Waals surface area contributed by atoms with Crippen molar-refractivity contribution >= 4 is 11.6 Å². The maximum atomic E-state index is 6.23. The minimum absolute atomic E-state index is 0.155. The van der Waals surface area contributed by atoms with Crippen molar-refractivity contribution < 1.29 is 4.74 Å². The minimum Gasteiger partial charge on any atom is -0.382 e. The molecule has 0 amide bonds. The smallest absolute Gasteiger partial charge is 0.0834 e. The molecule has 0 aliphatic heterocycles. The minimum atomic E-state index is 0.155. The van der Waals surface area contributed by atoms with Gasteiger partial charge in [-0.15, -0.1) is 0 Å². The molecular weight excluding hydrogens is 238 g/mol. The van der Waals surface area contributed by atoms with Crippen LogP contribution < -0.4 is 5.32 Å². The predicted molar refractivity (Wildman–Crippen MR) is 70.5 cm³/mol. The second kappa shape index (κ2) is 6.38. The molecule has 0 bridgehead atoms. The van der Waals surface area contributed by atoms with Crippen LogP contribution in [0.4, 0.5) is 0 Å². The molecule has 4 nitrogen and oxygen atoms in total. The van der Waals surface area contributed by atoms with Crippen LogP contribution in [0.5, 0.6) is 0 Å². The van der Waals surface area contributed by atoms with E-state index in [-0.39, 0.29) is 12.1 Å². The first-order valence-corrected chi connectivity index (χ1v) is 6.32. The summed E-state index contributed by atoms with van der Waals surface area (Å²) >= 11 is 6.23.